The van der Waals surface area contributed by atoms with E-state index in [-0.39, 0.29) is 5.56 Å². The number of fused-ring (bicyclic) bond motifs is 1. The fraction of sp³-hybridized carbons (Fsp3) is 0.300. The minimum atomic E-state index is -0.415. The molecule has 6 heteroatoms. The standard InChI is InChI=1S/C10H9BrFNO2S/c1-15-3-2-13-10(14)6-4-8(12)7(11)5-9(6)16-13/h4-5H,2-3H2,1H3. The van der Waals surface area contributed by atoms with Gasteiger partial charge in [0.15, 0.2) is 0 Å². The summed E-state index contributed by atoms with van der Waals surface area (Å²) in [6.45, 7) is 0.963. The molecule has 0 bridgehead atoms. The summed E-state index contributed by atoms with van der Waals surface area (Å²) in [4.78, 5) is 11.8. The highest BCUT2D eigenvalue weighted by Gasteiger charge is 2.10. The van der Waals surface area contributed by atoms with Gasteiger partial charge in [-0.25, -0.2) is 4.39 Å². The van der Waals surface area contributed by atoms with Gasteiger partial charge in [-0.15, -0.1) is 0 Å². The second-order valence-electron chi connectivity index (χ2n) is 3.25. The molecule has 1 aromatic heterocycles. The van der Waals surface area contributed by atoms with Crippen LogP contribution in [0.5, 0.6) is 0 Å². The normalized spacial score (nSPS) is 11.2. The number of benzene rings is 1. The highest BCUT2D eigenvalue weighted by Crippen LogP contribution is 2.24. The molecule has 0 unspecified atom stereocenters. The topological polar surface area (TPSA) is 31.2 Å². The molecule has 0 saturated carbocycles. The number of hydrogen-bond donors (Lipinski definition) is 0. The van der Waals surface area contributed by atoms with Gasteiger partial charge in [-0.3, -0.25) is 8.75 Å². The minimum absolute atomic E-state index is 0.163. The first kappa shape index (κ1) is 11.8. The van der Waals surface area contributed by atoms with E-state index >= 15 is 0 Å². The second kappa shape index (κ2) is 4.65. The Morgan fingerprint density at radius 3 is 3.00 bits per heavy atom. The molecule has 86 valence electrons. The number of aromatic nitrogens is 1. The summed E-state index contributed by atoms with van der Waals surface area (Å²) in [7, 11) is 1.58. The summed E-state index contributed by atoms with van der Waals surface area (Å²) in [6.07, 6.45) is 0. The molecule has 0 radical (unpaired) electrons. The number of ether oxygens (including phenoxy) is 1. The van der Waals surface area contributed by atoms with E-state index in [9.17, 15) is 9.18 Å². The number of rotatable bonds is 3. The molecule has 0 spiro atoms. The molecule has 0 aliphatic heterocycles. The second-order valence-corrected chi connectivity index (χ2v) is 5.17. The van der Waals surface area contributed by atoms with Gasteiger partial charge in [0.05, 0.1) is 27.7 Å². The van der Waals surface area contributed by atoms with Crippen LogP contribution in [0.15, 0.2) is 21.4 Å². The summed E-state index contributed by atoms with van der Waals surface area (Å²) in [5.74, 6) is -0.415. The van der Waals surface area contributed by atoms with Gasteiger partial charge in [0.25, 0.3) is 5.56 Å². The maximum atomic E-state index is 13.3. The minimum Gasteiger partial charge on any atom is -0.383 e. The molecule has 1 aromatic carbocycles. The lowest BCUT2D eigenvalue weighted by atomic mass is 10.3. The van der Waals surface area contributed by atoms with E-state index in [1.807, 2.05) is 0 Å². The number of nitrogens with zero attached hydrogens (tertiary/aromatic N) is 1. The number of halogens is 2. The highest BCUT2D eigenvalue weighted by atomic mass is 79.9. The molecular weight excluding hydrogens is 297 g/mol. The van der Waals surface area contributed by atoms with Crippen LogP contribution in [-0.4, -0.2) is 17.7 Å². The van der Waals surface area contributed by atoms with E-state index < -0.39 is 5.82 Å². The molecule has 0 amide bonds. The quantitative estimate of drug-likeness (QED) is 0.873. The van der Waals surface area contributed by atoms with Crippen molar-refractivity contribution in [2.75, 3.05) is 13.7 Å². The van der Waals surface area contributed by atoms with Crippen molar-refractivity contribution in [3.8, 4) is 0 Å². The van der Waals surface area contributed by atoms with Gasteiger partial charge in [-0.1, -0.05) is 11.5 Å². The first-order valence-electron chi connectivity index (χ1n) is 4.61. The van der Waals surface area contributed by atoms with E-state index in [1.54, 1.807) is 17.1 Å². The molecule has 2 rings (SSSR count). The molecular formula is C10H9BrFNO2S. The monoisotopic (exact) mass is 305 g/mol. The fourth-order valence-corrected chi connectivity index (χ4v) is 2.88. The van der Waals surface area contributed by atoms with Gasteiger partial charge in [0.1, 0.15) is 5.82 Å². The molecule has 2 aromatic rings. The zero-order valence-electron chi connectivity index (χ0n) is 8.50. The van der Waals surface area contributed by atoms with Crippen LogP contribution < -0.4 is 5.56 Å². The number of methoxy groups -OCH3 is 1. The average molecular weight is 306 g/mol. The van der Waals surface area contributed by atoms with Crippen LogP contribution in [0, 0.1) is 5.82 Å². The largest absolute Gasteiger partial charge is 0.383 e. The highest BCUT2D eigenvalue weighted by molar-refractivity contribution is 9.10. The van der Waals surface area contributed by atoms with Crippen LogP contribution in [0.1, 0.15) is 0 Å². The summed E-state index contributed by atoms with van der Waals surface area (Å²) in [5.41, 5.74) is -0.163. The van der Waals surface area contributed by atoms with Crippen molar-refractivity contribution in [3.05, 3.63) is 32.8 Å². The maximum absolute atomic E-state index is 13.3. The molecule has 16 heavy (non-hydrogen) atoms. The Labute approximate surface area is 104 Å². The Morgan fingerprint density at radius 2 is 2.31 bits per heavy atom. The molecule has 0 atom stereocenters. The first-order chi connectivity index (χ1) is 7.63. The lowest BCUT2D eigenvalue weighted by molar-refractivity contribution is 0.189. The Bertz CT molecular complexity index is 578. The molecule has 0 N–H and O–H groups in total. The van der Waals surface area contributed by atoms with Crippen molar-refractivity contribution in [3.63, 3.8) is 0 Å². The van der Waals surface area contributed by atoms with Gasteiger partial charge >= 0.3 is 0 Å². The van der Waals surface area contributed by atoms with Crippen molar-refractivity contribution in [2.45, 2.75) is 6.54 Å². The van der Waals surface area contributed by atoms with Gasteiger partial charge in [0.2, 0.25) is 0 Å². The van der Waals surface area contributed by atoms with Crippen molar-refractivity contribution in [1.82, 2.24) is 3.96 Å². The third-order valence-electron chi connectivity index (χ3n) is 2.19. The lowest BCUT2D eigenvalue weighted by Crippen LogP contribution is -2.15. The fourth-order valence-electron chi connectivity index (χ4n) is 1.39. The molecule has 0 aliphatic rings. The van der Waals surface area contributed by atoms with Crippen LogP contribution in [0.25, 0.3) is 10.1 Å². The Balaban J connectivity index is 2.55. The SMILES string of the molecule is COCCn1sc2cc(Br)c(F)cc2c1=O. The third-order valence-corrected chi connectivity index (χ3v) is 3.90. The molecule has 3 nitrogen and oxygen atoms in total. The zero-order valence-corrected chi connectivity index (χ0v) is 10.9. The van der Waals surface area contributed by atoms with E-state index in [1.165, 1.54) is 17.6 Å². The predicted octanol–water partition coefficient (Wildman–Crippen LogP) is 2.61. The Kier molecular flexibility index (Phi) is 3.41. The molecule has 0 saturated heterocycles. The molecule has 0 fully saturated rings. The first-order valence-corrected chi connectivity index (χ1v) is 6.18. The Morgan fingerprint density at radius 1 is 1.56 bits per heavy atom. The van der Waals surface area contributed by atoms with Gasteiger partial charge in [-0.05, 0) is 28.1 Å². The van der Waals surface area contributed by atoms with Gasteiger partial charge < -0.3 is 4.74 Å². The van der Waals surface area contributed by atoms with Crippen LogP contribution >= 0.6 is 27.5 Å². The van der Waals surface area contributed by atoms with Gasteiger partial charge in [-0.2, -0.15) is 0 Å². The van der Waals surface area contributed by atoms with Gasteiger partial charge in [0, 0.05) is 7.11 Å². The predicted molar refractivity (Wildman–Crippen MR) is 65.6 cm³/mol. The van der Waals surface area contributed by atoms with Crippen molar-refractivity contribution in [1.29, 1.82) is 0 Å². The van der Waals surface area contributed by atoms with E-state index in [0.717, 1.165) is 4.70 Å². The molecule has 0 aliphatic carbocycles. The van der Waals surface area contributed by atoms with E-state index in [0.29, 0.717) is 23.0 Å². The smallest absolute Gasteiger partial charge is 0.268 e. The maximum Gasteiger partial charge on any atom is 0.268 e. The summed E-state index contributed by atoms with van der Waals surface area (Å²) in [6, 6.07) is 2.89. The lowest BCUT2D eigenvalue weighted by Gasteiger charge is -1.96. The summed E-state index contributed by atoms with van der Waals surface area (Å²) >= 11 is 4.41. The average Bonchev–Trinajstić information content (AvgIpc) is 2.54. The van der Waals surface area contributed by atoms with Crippen molar-refractivity contribution >= 4 is 37.5 Å². The zero-order chi connectivity index (χ0) is 11.7. The van der Waals surface area contributed by atoms with Crippen LogP contribution in [0.3, 0.4) is 0 Å². The van der Waals surface area contributed by atoms with Crippen molar-refractivity contribution < 1.29 is 9.13 Å². The summed E-state index contributed by atoms with van der Waals surface area (Å²) in [5, 5.41) is 0.418. The van der Waals surface area contributed by atoms with Crippen LogP contribution in [-0.2, 0) is 11.3 Å². The third kappa shape index (κ3) is 2.05. The summed E-state index contributed by atoms with van der Waals surface area (Å²) < 4.78 is 20.9. The van der Waals surface area contributed by atoms with Crippen molar-refractivity contribution in [2.24, 2.45) is 0 Å². The van der Waals surface area contributed by atoms with Crippen LogP contribution in [0.2, 0.25) is 0 Å². The molecule has 1 heterocycles. The Hall–Kier alpha value is -0.720. The van der Waals surface area contributed by atoms with E-state index in [4.69, 9.17) is 4.74 Å². The van der Waals surface area contributed by atoms with E-state index in [2.05, 4.69) is 15.9 Å². The van der Waals surface area contributed by atoms with Crippen LogP contribution in [0.4, 0.5) is 4.39 Å². The number of hydrogen-bond acceptors (Lipinski definition) is 3.